The Labute approximate surface area is 113 Å². The van der Waals surface area contributed by atoms with Crippen LogP contribution >= 0.6 is 15.9 Å². The first-order valence-electron chi connectivity index (χ1n) is 5.70. The number of aliphatic hydroxyl groups is 1. The molecule has 18 heavy (non-hydrogen) atoms. The second-order valence-electron chi connectivity index (χ2n) is 4.32. The lowest BCUT2D eigenvalue weighted by Crippen LogP contribution is -2.34. The van der Waals surface area contributed by atoms with E-state index in [-0.39, 0.29) is 11.5 Å². The van der Waals surface area contributed by atoms with E-state index in [9.17, 15) is 14.3 Å². The Morgan fingerprint density at radius 3 is 3.00 bits per heavy atom. The second kappa shape index (κ2) is 5.77. The number of β-amino-alcohol motifs (C(OH)–C–C–N with tert-alkyl or cyclic N) is 1. The Kier molecular flexibility index (Phi) is 4.31. The van der Waals surface area contributed by atoms with Gasteiger partial charge >= 0.3 is 0 Å². The molecule has 1 aliphatic rings. The van der Waals surface area contributed by atoms with E-state index in [0.717, 1.165) is 0 Å². The summed E-state index contributed by atoms with van der Waals surface area (Å²) in [6, 6.07) is 4.22. The van der Waals surface area contributed by atoms with Crippen LogP contribution in [0.1, 0.15) is 10.4 Å². The third kappa shape index (κ3) is 3.07. The van der Waals surface area contributed by atoms with Crippen molar-refractivity contribution in [2.45, 2.75) is 6.10 Å². The van der Waals surface area contributed by atoms with E-state index in [1.165, 1.54) is 18.2 Å². The molecular formula is C12H14BrFN2O2. The van der Waals surface area contributed by atoms with E-state index in [1.807, 2.05) is 0 Å². The Morgan fingerprint density at radius 2 is 2.33 bits per heavy atom. The fraction of sp³-hybridized carbons (Fsp3) is 0.417. The number of amides is 1. The zero-order chi connectivity index (χ0) is 13.1. The van der Waals surface area contributed by atoms with Gasteiger partial charge in [-0.3, -0.25) is 4.79 Å². The van der Waals surface area contributed by atoms with Crippen molar-refractivity contribution < 1.29 is 14.3 Å². The molecule has 2 rings (SSSR count). The zero-order valence-electron chi connectivity index (χ0n) is 9.62. The van der Waals surface area contributed by atoms with Gasteiger partial charge in [0.1, 0.15) is 5.82 Å². The first-order valence-corrected chi connectivity index (χ1v) is 6.49. The minimum atomic E-state index is -0.555. The van der Waals surface area contributed by atoms with Gasteiger partial charge in [-0.05, 0) is 18.2 Å². The van der Waals surface area contributed by atoms with Gasteiger partial charge < -0.3 is 15.7 Å². The van der Waals surface area contributed by atoms with E-state index in [2.05, 4.69) is 26.6 Å². The monoisotopic (exact) mass is 316 g/mol. The molecule has 1 fully saturated rings. The van der Waals surface area contributed by atoms with Crippen LogP contribution in [0.2, 0.25) is 0 Å². The highest BCUT2D eigenvalue weighted by atomic mass is 79.9. The lowest BCUT2D eigenvalue weighted by atomic mass is 10.1. The molecule has 0 bridgehead atoms. The number of hydrogen-bond donors (Lipinski definition) is 3. The summed E-state index contributed by atoms with van der Waals surface area (Å²) < 4.78 is 14.1. The minimum Gasteiger partial charge on any atom is -0.391 e. The van der Waals surface area contributed by atoms with Gasteiger partial charge in [0.2, 0.25) is 0 Å². The summed E-state index contributed by atoms with van der Waals surface area (Å²) in [6.07, 6.45) is -0.461. The van der Waals surface area contributed by atoms with Gasteiger partial charge in [0.15, 0.2) is 0 Å². The lowest BCUT2D eigenvalue weighted by molar-refractivity contribution is 0.0923. The highest BCUT2D eigenvalue weighted by Crippen LogP contribution is 2.15. The van der Waals surface area contributed by atoms with Crippen molar-refractivity contribution in [3.63, 3.8) is 0 Å². The Hall–Kier alpha value is -0.980. The summed E-state index contributed by atoms with van der Waals surface area (Å²) >= 11 is 3.19. The first-order chi connectivity index (χ1) is 8.58. The van der Waals surface area contributed by atoms with E-state index in [4.69, 9.17) is 0 Å². The molecule has 0 saturated carbocycles. The number of nitrogens with one attached hydrogen (secondary N) is 2. The van der Waals surface area contributed by atoms with Crippen molar-refractivity contribution in [3.05, 3.63) is 34.1 Å². The van der Waals surface area contributed by atoms with Gasteiger partial charge in [-0.15, -0.1) is 0 Å². The Morgan fingerprint density at radius 1 is 1.56 bits per heavy atom. The van der Waals surface area contributed by atoms with E-state index in [1.54, 1.807) is 0 Å². The van der Waals surface area contributed by atoms with Gasteiger partial charge in [-0.1, -0.05) is 15.9 Å². The summed E-state index contributed by atoms with van der Waals surface area (Å²) in [6.45, 7) is 1.52. The molecule has 0 aromatic heterocycles. The molecule has 3 N–H and O–H groups in total. The van der Waals surface area contributed by atoms with Crippen molar-refractivity contribution in [2.75, 3.05) is 19.6 Å². The lowest BCUT2D eigenvalue weighted by Gasteiger charge is -2.14. The number of aliphatic hydroxyl groups excluding tert-OH is 1. The molecule has 1 aromatic rings. The average Bonchev–Trinajstić information content (AvgIpc) is 2.75. The third-order valence-electron chi connectivity index (χ3n) is 3.00. The maximum Gasteiger partial charge on any atom is 0.254 e. The molecular weight excluding hydrogens is 303 g/mol. The number of benzene rings is 1. The molecule has 0 spiro atoms. The van der Waals surface area contributed by atoms with Crippen LogP contribution in [0.3, 0.4) is 0 Å². The quantitative estimate of drug-likeness (QED) is 0.776. The molecule has 0 radical (unpaired) electrons. The number of carbonyl (C=O) groups excluding carboxylic acids is 1. The molecule has 2 atom stereocenters. The minimum absolute atomic E-state index is 0.00446. The zero-order valence-corrected chi connectivity index (χ0v) is 11.2. The molecule has 4 nitrogen and oxygen atoms in total. The number of hydrogen-bond acceptors (Lipinski definition) is 3. The predicted octanol–water partition coefficient (Wildman–Crippen LogP) is 0.898. The van der Waals surface area contributed by atoms with Crippen molar-refractivity contribution >= 4 is 21.8 Å². The third-order valence-corrected chi connectivity index (χ3v) is 3.50. The number of rotatable bonds is 3. The van der Waals surface area contributed by atoms with Gasteiger partial charge in [0.25, 0.3) is 5.91 Å². The van der Waals surface area contributed by atoms with Gasteiger partial charge in [0.05, 0.1) is 11.7 Å². The molecule has 1 aliphatic heterocycles. The van der Waals surface area contributed by atoms with Crippen molar-refractivity contribution in [1.82, 2.24) is 10.6 Å². The van der Waals surface area contributed by atoms with Gasteiger partial charge in [-0.2, -0.15) is 0 Å². The summed E-state index contributed by atoms with van der Waals surface area (Å²) in [7, 11) is 0. The Balaban J connectivity index is 1.97. The molecule has 2 unspecified atom stereocenters. The largest absolute Gasteiger partial charge is 0.391 e. The van der Waals surface area contributed by atoms with Crippen molar-refractivity contribution in [3.8, 4) is 0 Å². The topological polar surface area (TPSA) is 61.4 Å². The molecule has 1 saturated heterocycles. The molecule has 0 aliphatic carbocycles. The highest BCUT2D eigenvalue weighted by Gasteiger charge is 2.25. The fourth-order valence-electron chi connectivity index (χ4n) is 1.92. The second-order valence-corrected chi connectivity index (χ2v) is 5.24. The van der Waals surface area contributed by atoms with Crippen LogP contribution in [0.5, 0.6) is 0 Å². The molecule has 1 amide bonds. The molecule has 6 heteroatoms. The van der Waals surface area contributed by atoms with Crippen LogP contribution < -0.4 is 10.6 Å². The standard InChI is InChI=1S/C12H14BrFN2O2/c13-8-1-2-10(14)9(3-8)12(18)16-5-7-4-15-6-11(7)17/h1-3,7,11,15,17H,4-6H2,(H,16,18). The normalized spacial score (nSPS) is 23.1. The smallest absolute Gasteiger partial charge is 0.254 e. The summed E-state index contributed by atoms with van der Waals surface area (Å²) in [5, 5.41) is 15.2. The van der Waals surface area contributed by atoms with E-state index >= 15 is 0 Å². The predicted molar refractivity (Wildman–Crippen MR) is 68.8 cm³/mol. The SMILES string of the molecule is O=C(NCC1CNCC1O)c1cc(Br)ccc1F. The van der Waals surface area contributed by atoms with Gasteiger partial charge in [-0.25, -0.2) is 4.39 Å². The van der Waals surface area contributed by atoms with E-state index in [0.29, 0.717) is 24.1 Å². The summed E-state index contributed by atoms with van der Waals surface area (Å²) in [5.74, 6) is -1.04. The fourth-order valence-corrected chi connectivity index (χ4v) is 2.28. The average molecular weight is 317 g/mol. The van der Waals surface area contributed by atoms with Crippen LogP contribution in [0, 0.1) is 11.7 Å². The molecule has 1 heterocycles. The van der Waals surface area contributed by atoms with Crippen LogP contribution in [0.25, 0.3) is 0 Å². The van der Waals surface area contributed by atoms with Crippen LogP contribution in [-0.4, -0.2) is 36.8 Å². The highest BCUT2D eigenvalue weighted by molar-refractivity contribution is 9.10. The maximum atomic E-state index is 13.5. The molecule has 98 valence electrons. The van der Waals surface area contributed by atoms with Crippen LogP contribution in [-0.2, 0) is 0 Å². The molecule has 1 aromatic carbocycles. The van der Waals surface area contributed by atoms with Gasteiger partial charge in [0, 0.05) is 30.0 Å². The van der Waals surface area contributed by atoms with Crippen LogP contribution in [0.15, 0.2) is 22.7 Å². The van der Waals surface area contributed by atoms with Crippen LogP contribution in [0.4, 0.5) is 4.39 Å². The number of halogens is 2. The number of carbonyl (C=O) groups is 1. The maximum absolute atomic E-state index is 13.5. The van der Waals surface area contributed by atoms with Crippen molar-refractivity contribution in [1.29, 1.82) is 0 Å². The van der Waals surface area contributed by atoms with E-state index < -0.39 is 17.8 Å². The van der Waals surface area contributed by atoms with Crippen molar-refractivity contribution in [2.24, 2.45) is 5.92 Å². The summed E-state index contributed by atoms with van der Waals surface area (Å²) in [5.41, 5.74) is 0.00446. The Bertz CT molecular complexity index is 456. The first kappa shape index (κ1) is 13.5. The summed E-state index contributed by atoms with van der Waals surface area (Å²) in [4.78, 5) is 11.8.